The first-order valence-corrected chi connectivity index (χ1v) is 16.2. The monoisotopic (exact) mass is 622 g/mol. The third-order valence-electron chi connectivity index (χ3n) is 7.06. The first-order chi connectivity index (χ1) is 19.8. The number of nitrogens with zero attached hydrogens (tertiary/aromatic N) is 4. The second-order valence-corrected chi connectivity index (χ2v) is 12.7. The third-order valence-corrected chi connectivity index (χ3v) is 8.99. The average molecular weight is 623 g/mol. The summed E-state index contributed by atoms with van der Waals surface area (Å²) in [7, 11) is -1.69. The second-order valence-electron chi connectivity index (χ2n) is 10.4. The van der Waals surface area contributed by atoms with Crippen LogP contribution in [0.5, 0.6) is 5.75 Å². The Morgan fingerprint density at radius 3 is 2.78 bits per heavy atom. The van der Waals surface area contributed by atoms with Crippen molar-refractivity contribution in [1.82, 2.24) is 29.4 Å². The summed E-state index contributed by atoms with van der Waals surface area (Å²) >= 11 is 7.44. The maximum Gasteiger partial charge on any atom is 0.327 e. The van der Waals surface area contributed by atoms with E-state index in [2.05, 4.69) is 37.2 Å². The van der Waals surface area contributed by atoms with E-state index in [0.29, 0.717) is 40.6 Å². The van der Waals surface area contributed by atoms with E-state index < -0.39 is 14.1 Å². The minimum absolute atomic E-state index is 0.0324. The highest BCUT2D eigenvalue weighted by Gasteiger charge is 2.55. The number of nitrogens with one attached hydrogen (secondary N) is 3. The molecule has 2 saturated carbocycles. The van der Waals surface area contributed by atoms with Gasteiger partial charge in [0.15, 0.2) is 17.0 Å². The number of ether oxygens (including phenoxy) is 2. The molecule has 3 aromatic rings. The Morgan fingerprint density at radius 2 is 2.07 bits per heavy atom. The summed E-state index contributed by atoms with van der Waals surface area (Å²) in [5.74, 6) is 1.09. The Kier molecular flexibility index (Phi) is 8.42. The van der Waals surface area contributed by atoms with Gasteiger partial charge in [0.2, 0.25) is 5.95 Å². The molecule has 220 valence electrons. The Labute approximate surface area is 247 Å². The lowest BCUT2D eigenvalue weighted by Gasteiger charge is -2.24. The van der Waals surface area contributed by atoms with Crippen LogP contribution in [-0.4, -0.2) is 56.1 Å². The van der Waals surface area contributed by atoms with E-state index in [1.165, 1.54) is 11.9 Å². The lowest BCUT2D eigenvalue weighted by atomic mass is 10.1. The fourth-order valence-corrected chi connectivity index (χ4v) is 6.37. The number of hydrogen-bond acceptors (Lipinski definition) is 13. The van der Waals surface area contributed by atoms with Crippen LogP contribution in [0.25, 0.3) is 11.2 Å². The number of rotatable bonds is 13. The van der Waals surface area contributed by atoms with Crippen molar-refractivity contribution in [2.24, 2.45) is 5.92 Å². The van der Waals surface area contributed by atoms with E-state index in [0.717, 1.165) is 19.3 Å². The quantitative estimate of drug-likeness (QED) is 0.0924. The zero-order chi connectivity index (χ0) is 28.6. The normalized spacial score (nSPS) is 23.8. The fraction of sp³-hybridized carbons (Fsp3) is 0.520. The minimum atomic E-state index is -1.69. The summed E-state index contributed by atoms with van der Waals surface area (Å²) in [4.78, 5) is 29.0. The van der Waals surface area contributed by atoms with E-state index in [9.17, 15) is 4.79 Å². The molecule has 1 aromatic carbocycles. The SMILES string of the molecule is CSNNc1nc(N)nc2c1ncn2C1OC(COP(NC2(C(=O)OC3CC3)CC2)Oc2ccc(Cl)cc2)CC1C. The molecule has 16 heteroatoms. The van der Waals surface area contributed by atoms with Gasteiger partial charge in [0, 0.05) is 10.9 Å². The maximum atomic E-state index is 12.8. The molecule has 1 aliphatic heterocycles. The molecule has 41 heavy (non-hydrogen) atoms. The first kappa shape index (κ1) is 28.7. The second kappa shape index (κ2) is 12.0. The van der Waals surface area contributed by atoms with Crippen LogP contribution in [0, 0.1) is 5.92 Å². The number of anilines is 2. The number of benzene rings is 1. The van der Waals surface area contributed by atoms with Crippen molar-refractivity contribution >= 4 is 61.0 Å². The number of fused-ring (bicyclic) bond motifs is 1. The molecule has 2 aromatic heterocycles. The molecule has 3 fully saturated rings. The van der Waals surface area contributed by atoms with Gasteiger partial charge in [-0.2, -0.15) is 14.8 Å². The number of carbonyl (C=O) groups excluding carboxylic acids is 1. The largest absolute Gasteiger partial charge is 0.461 e. The van der Waals surface area contributed by atoms with Crippen LogP contribution in [0.1, 0.15) is 45.3 Å². The first-order valence-electron chi connectivity index (χ1n) is 13.4. The molecule has 1 saturated heterocycles. The number of esters is 1. The number of hydrogen-bond donors (Lipinski definition) is 4. The molecule has 3 heterocycles. The number of nitrogens with two attached hydrogens (primary N) is 1. The fourth-order valence-electron chi connectivity index (χ4n) is 4.61. The maximum absolute atomic E-state index is 12.8. The number of aromatic nitrogens is 4. The van der Waals surface area contributed by atoms with Gasteiger partial charge in [-0.05, 0) is 62.6 Å². The molecule has 13 nitrogen and oxygen atoms in total. The molecule has 0 amide bonds. The predicted molar refractivity (Wildman–Crippen MR) is 157 cm³/mol. The topological polar surface area (TPSA) is 160 Å². The highest BCUT2D eigenvalue weighted by atomic mass is 35.5. The van der Waals surface area contributed by atoms with Gasteiger partial charge in [-0.15, -0.1) is 0 Å². The molecular weight excluding hydrogens is 591 g/mol. The molecule has 5 N–H and O–H groups in total. The lowest BCUT2D eigenvalue weighted by Crippen LogP contribution is -2.39. The van der Waals surface area contributed by atoms with Crippen molar-refractivity contribution in [3.05, 3.63) is 35.6 Å². The Morgan fingerprint density at radius 1 is 1.29 bits per heavy atom. The van der Waals surface area contributed by atoms with Gasteiger partial charge in [-0.3, -0.25) is 14.8 Å². The number of imidazole rings is 1. The number of hydrazine groups is 1. The Bertz CT molecular complexity index is 1390. The molecule has 3 aliphatic rings. The smallest absolute Gasteiger partial charge is 0.327 e. The standard InChI is InChI=1S/C25H32ClN8O5PS/c1-14-11-18(37-22(14)34-13-28-19-20(31-33-41-2)29-24(27)30-21(19)34)12-36-40(39-17-5-3-15(26)4-6-17)32-25(9-10-25)23(35)38-16-7-8-16/h3-6,13-14,16,18,22,32-33H,7-12H2,1-2H3,(H3,27,29,30,31). The number of halogens is 1. The molecule has 0 spiro atoms. The van der Waals surface area contributed by atoms with Gasteiger partial charge in [-0.1, -0.05) is 30.5 Å². The van der Waals surface area contributed by atoms with E-state index in [1.807, 2.05) is 10.8 Å². The molecule has 0 bridgehead atoms. The summed E-state index contributed by atoms with van der Waals surface area (Å²) < 4.78 is 26.3. The predicted octanol–water partition coefficient (Wildman–Crippen LogP) is 4.33. The summed E-state index contributed by atoms with van der Waals surface area (Å²) in [5, 5.41) is 3.93. The van der Waals surface area contributed by atoms with Crippen LogP contribution in [0.2, 0.25) is 5.02 Å². The van der Waals surface area contributed by atoms with Crippen molar-refractivity contribution < 1.29 is 23.3 Å². The highest BCUT2D eigenvalue weighted by molar-refractivity contribution is 7.96. The van der Waals surface area contributed by atoms with Crippen LogP contribution in [-0.2, 0) is 18.8 Å². The summed E-state index contributed by atoms with van der Waals surface area (Å²) in [6.45, 7) is 2.36. The van der Waals surface area contributed by atoms with Gasteiger partial charge in [0.05, 0.1) is 19.0 Å². The molecule has 2 aliphatic carbocycles. The van der Waals surface area contributed by atoms with Crippen molar-refractivity contribution in [2.45, 2.75) is 63.0 Å². The van der Waals surface area contributed by atoms with Gasteiger partial charge in [0.1, 0.15) is 23.6 Å². The zero-order valence-corrected chi connectivity index (χ0v) is 25.0. The van der Waals surface area contributed by atoms with Gasteiger partial charge in [0.25, 0.3) is 0 Å². The van der Waals surface area contributed by atoms with Crippen molar-refractivity contribution in [2.75, 3.05) is 24.0 Å². The average Bonchev–Trinajstić information content (AvgIpc) is 3.86. The van der Waals surface area contributed by atoms with Gasteiger partial charge < -0.3 is 24.3 Å². The van der Waals surface area contributed by atoms with E-state index in [4.69, 9.17) is 35.9 Å². The summed E-state index contributed by atoms with van der Waals surface area (Å²) in [6.07, 6.45) is 6.98. The van der Waals surface area contributed by atoms with E-state index in [1.54, 1.807) is 30.6 Å². The minimum Gasteiger partial charge on any atom is -0.461 e. The molecule has 4 atom stereocenters. The van der Waals surface area contributed by atoms with E-state index >= 15 is 0 Å². The van der Waals surface area contributed by atoms with Crippen molar-refractivity contribution in [3.63, 3.8) is 0 Å². The van der Waals surface area contributed by atoms with Gasteiger partial charge in [-0.25, -0.2) is 10.1 Å². The van der Waals surface area contributed by atoms with Crippen molar-refractivity contribution in [1.29, 1.82) is 0 Å². The Hall–Kier alpha value is -2.45. The molecule has 6 rings (SSSR count). The summed E-state index contributed by atoms with van der Waals surface area (Å²) in [5.41, 5.74) is 9.35. The van der Waals surface area contributed by atoms with Crippen LogP contribution in [0.4, 0.5) is 11.8 Å². The van der Waals surface area contributed by atoms with Crippen molar-refractivity contribution in [3.8, 4) is 5.75 Å². The van der Waals surface area contributed by atoms with Crippen LogP contribution in [0.3, 0.4) is 0 Å². The number of nitrogen functional groups attached to an aromatic ring is 1. The third kappa shape index (κ3) is 6.64. The van der Waals surface area contributed by atoms with Crippen LogP contribution < -0.4 is 25.6 Å². The Balaban J connectivity index is 1.14. The molecular formula is C25H32ClN8O5PS. The highest BCUT2D eigenvalue weighted by Crippen LogP contribution is 2.48. The lowest BCUT2D eigenvalue weighted by molar-refractivity contribution is -0.148. The summed E-state index contributed by atoms with van der Waals surface area (Å²) in [6, 6.07) is 7.03. The van der Waals surface area contributed by atoms with E-state index in [-0.39, 0.29) is 42.9 Å². The molecule has 4 unspecified atom stereocenters. The van der Waals surface area contributed by atoms with Crippen LogP contribution >= 0.6 is 32.1 Å². The number of carbonyl (C=O) groups is 1. The molecule has 0 radical (unpaired) electrons. The van der Waals surface area contributed by atoms with Gasteiger partial charge >= 0.3 is 14.5 Å². The zero-order valence-electron chi connectivity index (χ0n) is 22.6. The van der Waals surface area contributed by atoms with Crippen LogP contribution in [0.15, 0.2) is 30.6 Å².